The maximum Gasteiger partial charge on any atom is 0.123 e. The molecule has 3 saturated heterocycles. The molecule has 3 aliphatic rings. The summed E-state index contributed by atoms with van der Waals surface area (Å²) < 4.78 is 11.9. The smallest absolute Gasteiger partial charge is 0.123 e. The van der Waals surface area contributed by atoms with Gasteiger partial charge in [0.1, 0.15) is 12.4 Å². The van der Waals surface area contributed by atoms with Gasteiger partial charge < -0.3 is 19.5 Å². The first kappa shape index (κ1) is 21.1. The zero-order chi connectivity index (χ0) is 20.1. The Bertz CT molecular complexity index is 650. The number of piperazine rings is 1. The Balaban J connectivity index is 1.30. The summed E-state index contributed by atoms with van der Waals surface area (Å²) in [6, 6.07) is 8.43. The van der Waals surface area contributed by atoms with Crippen LogP contribution in [0.5, 0.6) is 5.75 Å². The van der Waals surface area contributed by atoms with Crippen molar-refractivity contribution in [3.05, 3.63) is 29.8 Å². The number of aliphatic hydroxyl groups is 1. The lowest BCUT2D eigenvalue weighted by atomic mass is 9.75. The quantitative estimate of drug-likeness (QED) is 0.711. The van der Waals surface area contributed by atoms with Crippen LogP contribution in [0.1, 0.15) is 18.9 Å². The fourth-order valence-electron chi connectivity index (χ4n) is 5.17. The van der Waals surface area contributed by atoms with E-state index in [1.54, 1.807) is 0 Å². The largest absolute Gasteiger partial charge is 0.492 e. The van der Waals surface area contributed by atoms with Gasteiger partial charge in [0, 0.05) is 75.9 Å². The highest BCUT2D eigenvalue weighted by Crippen LogP contribution is 2.42. The van der Waals surface area contributed by atoms with Gasteiger partial charge in [-0.25, -0.2) is 0 Å². The van der Waals surface area contributed by atoms with E-state index in [1.165, 1.54) is 18.7 Å². The van der Waals surface area contributed by atoms with Crippen LogP contribution < -0.4 is 4.74 Å². The fraction of sp³-hybridized carbons (Fsp3) is 0.739. The van der Waals surface area contributed by atoms with Crippen LogP contribution in [0.25, 0.3) is 0 Å². The summed E-state index contributed by atoms with van der Waals surface area (Å²) in [6.07, 6.45) is 0.966. The van der Waals surface area contributed by atoms with Crippen LogP contribution in [-0.2, 0) is 11.3 Å². The molecule has 1 aromatic carbocycles. The topological polar surface area (TPSA) is 48.4 Å². The minimum absolute atomic E-state index is 0.0225. The number of hydrogen-bond acceptors (Lipinski definition) is 6. The summed E-state index contributed by atoms with van der Waals surface area (Å²) in [5, 5.41) is 10.0. The van der Waals surface area contributed by atoms with Crippen molar-refractivity contribution in [2.75, 3.05) is 78.8 Å². The van der Waals surface area contributed by atoms with E-state index in [-0.39, 0.29) is 12.0 Å². The molecular formula is C23H37N3O3. The second kappa shape index (κ2) is 9.75. The molecule has 0 saturated carbocycles. The van der Waals surface area contributed by atoms with E-state index >= 15 is 0 Å². The van der Waals surface area contributed by atoms with Crippen LogP contribution in [0.2, 0.25) is 0 Å². The highest BCUT2D eigenvalue weighted by molar-refractivity contribution is 5.33. The number of para-hydroxylation sites is 1. The lowest BCUT2D eigenvalue weighted by molar-refractivity contribution is -0.0417. The maximum atomic E-state index is 10.0. The second-order valence-electron chi connectivity index (χ2n) is 8.94. The van der Waals surface area contributed by atoms with Gasteiger partial charge in [0.05, 0.1) is 13.2 Å². The molecule has 3 aliphatic heterocycles. The molecule has 4 rings (SSSR count). The summed E-state index contributed by atoms with van der Waals surface area (Å²) >= 11 is 0. The van der Waals surface area contributed by atoms with Gasteiger partial charge in [-0.05, 0) is 19.0 Å². The van der Waals surface area contributed by atoms with Gasteiger partial charge in [0.15, 0.2) is 0 Å². The van der Waals surface area contributed by atoms with E-state index in [1.807, 2.05) is 0 Å². The van der Waals surface area contributed by atoms with E-state index in [0.717, 1.165) is 77.8 Å². The molecule has 0 radical (unpaired) electrons. The van der Waals surface area contributed by atoms with Gasteiger partial charge in [0.25, 0.3) is 0 Å². The summed E-state index contributed by atoms with van der Waals surface area (Å²) in [6.45, 7) is 14.4. The molecule has 0 aliphatic carbocycles. The van der Waals surface area contributed by atoms with Crippen molar-refractivity contribution >= 4 is 0 Å². The maximum absolute atomic E-state index is 10.0. The third kappa shape index (κ3) is 4.94. The van der Waals surface area contributed by atoms with Crippen molar-refractivity contribution in [1.82, 2.24) is 14.7 Å². The SMILES string of the molecule is CCN1CCN(CCOc2ccccc2CN2C[C@@H]3COCC[C@]3(CO)C2)CC1. The van der Waals surface area contributed by atoms with Crippen molar-refractivity contribution < 1.29 is 14.6 Å². The van der Waals surface area contributed by atoms with Gasteiger partial charge in [0.2, 0.25) is 0 Å². The Morgan fingerprint density at radius 1 is 1.14 bits per heavy atom. The molecule has 162 valence electrons. The van der Waals surface area contributed by atoms with Gasteiger partial charge in [-0.1, -0.05) is 25.1 Å². The molecule has 0 amide bonds. The average Bonchev–Trinajstić information content (AvgIpc) is 3.14. The standard InChI is InChI=1S/C23H37N3O3/c1-2-24-8-10-25(11-9-24)12-14-29-22-6-4-3-5-20(22)15-26-16-21-17-28-13-7-23(21,18-26)19-27/h3-6,21,27H,2,7-19H2,1H3/t21-,23-/m1/s1. The van der Waals surface area contributed by atoms with Crippen LogP contribution in [0.15, 0.2) is 24.3 Å². The van der Waals surface area contributed by atoms with Crippen LogP contribution in [-0.4, -0.2) is 98.6 Å². The number of benzene rings is 1. The number of nitrogens with zero attached hydrogens (tertiary/aromatic N) is 3. The van der Waals surface area contributed by atoms with Crippen LogP contribution in [0.4, 0.5) is 0 Å². The molecule has 3 fully saturated rings. The molecule has 0 bridgehead atoms. The first-order chi connectivity index (χ1) is 14.2. The van der Waals surface area contributed by atoms with Crippen molar-refractivity contribution in [2.24, 2.45) is 11.3 Å². The first-order valence-electron chi connectivity index (χ1n) is 11.3. The van der Waals surface area contributed by atoms with Gasteiger partial charge in [-0.15, -0.1) is 0 Å². The first-order valence-corrected chi connectivity index (χ1v) is 11.3. The Kier molecular flexibility index (Phi) is 7.08. The third-order valence-electron chi connectivity index (χ3n) is 7.21. The molecule has 0 aromatic heterocycles. The highest BCUT2D eigenvalue weighted by atomic mass is 16.5. The fourth-order valence-corrected chi connectivity index (χ4v) is 5.17. The van der Waals surface area contributed by atoms with E-state index in [0.29, 0.717) is 5.92 Å². The van der Waals surface area contributed by atoms with Crippen molar-refractivity contribution in [3.63, 3.8) is 0 Å². The molecule has 1 aromatic rings. The van der Waals surface area contributed by atoms with Crippen molar-refractivity contribution in [2.45, 2.75) is 19.9 Å². The minimum Gasteiger partial charge on any atom is -0.492 e. The Hall–Kier alpha value is -1.18. The number of likely N-dealkylation sites (tertiary alicyclic amines) is 1. The predicted molar refractivity (Wildman–Crippen MR) is 114 cm³/mol. The van der Waals surface area contributed by atoms with Crippen molar-refractivity contribution in [3.8, 4) is 5.75 Å². The summed E-state index contributed by atoms with van der Waals surface area (Å²) in [4.78, 5) is 7.48. The second-order valence-corrected chi connectivity index (χ2v) is 8.94. The summed E-state index contributed by atoms with van der Waals surface area (Å²) in [5.74, 6) is 1.44. The number of likely N-dealkylation sites (N-methyl/N-ethyl adjacent to an activating group) is 1. The predicted octanol–water partition coefficient (Wildman–Crippen LogP) is 1.53. The molecule has 1 N–H and O–H groups in total. The lowest BCUT2D eigenvalue weighted by Gasteiger charge is -2.36. The van der Waals surface area contributed by atoms with E-state index in [2.05, 4.69) is 45.9 Å². The molecule has 6 nitrogen and oxygen atoms in total. The highest BCUT2D eigenvalue weighted by Gasteiger charge is 2.47. The number of hydrogen-bond donors (Lipinski definition) is 1. The zero-order valence-electron chi connectivity index (χ0n) is 17.9. The van der Waals surface area contributed by atoms with Crippen molar-refractivity contribution in [1.29, 1.82) is 0 Å². The number of fused-ring (bicyclic) bond motifs is 1. The number of rotatable bonds is 8. The molecular weight excluding hydrogens is 366 g/mol. The normalized spacial score (nSPS) is 29.1. The summed E-state index contributed by atoms with van der Waals surface area (Å²) in [5.41, 5.74) is 1.27. The van der Waals surface area contributed by atoms with Gasteiger partial charge >= 0.3 is 0 Å². The van der Waals surface area contributed by atoms with Crippen LogP contribution in [0.3, 0.4) is 0 Å². The number of aliphatic hydroxyl groups excluding tert-OH is 1. The lowest BCUT2D eigenvalue weighted by Crippen LogP contribution is -2.47. The molecule has 2 atom stereocenters. The number of ether oxygens (including phenoxy) is 2. The zero-order valence-corrected chi connectivity index (χ0v) is 17.9. The van der Waals surface area contributed by atoms with E-state index in [9.17, 15) is 5.11 Å². The van der Waals surface area contributed by atoms with Crippen LogP contribution in [0, 0.1) is 11.3 Å². The molecule has 3 heterocycles. The minimum atomic E-state index is 0.0225. The van der Waals surface area contributed by atoms with E-state index < -0.39 is 0 Å². The molecule has 0 spiro atoms. The molecule has 29 heavy (non-hydrogen) atoms. The Labute approximate surface area is 175 Å². The summed E-state index contributed by atoms with van der Waals surface area (Å²) in [7, 11) is 0. The van der Waals surface area contributed by atoms with Gasteiger partial charge in [-0.3, -0.25) is 9.80 Å². The van der Waals surface area contributed by atoms with E-state index in [4.69, 9.17) is 9.47 Å². The Morgan fingerprint density at radius 3 is 2.69 bits per heavy atom. The molecule has 6 heteroatoms. The molecule has 0 unspecified atom stereocenters. The van der Waals surface area contributed by atoms with Crippen LogP contribution >= 0.6 is 0 Å². The monoisotopic (exact) mass is 403 g/mol. The third-order valence-corrected chi connectivity index (χ3v) is 7.21. The Morgan fingerprint density at radius 2 is 1.93 bits per heavy atom. The van der Waals surface area contributed by atoms with Gasteiger partial charge in [-0.2, -0.15) is 0 Å². The average molecular weight is 404 g/mol.